The van der Waals surface area contributed by atoms with Gasteiger partial charge in [-0.15, -0.1) is 0 Å². The summed E-state index contributed by atoms with van der Waals surface area (Å²) >= 11 is 12.1. The Kier molecular flexibility index (Phi) is 6.27. The number of rotatable bonds is 4. The van der Waals surface area contributed by atoms with E-state index in [1.165, 1.54) is 19.1 Å². The molecule has 1 atom stereocenters. The third-order valence-electron chi connectivity index (χ3n) is 3.23. The molecule has 2 rings (SSSR count). The smallest absolute Gasteiger partial charge is 0.389 e. The van der Waals surface area contributed by atoms with Crippen LogP contribution in [0.3, 0.4) is 0 Å². The van der Waals surface area contributed by atoms with Gasteiger partial charge in [-0.25, -0.2) is 14.8 Å². The van der Waals surface area contributed by atoms with Crippen LogP contribution in [0.2, 0.25) is 10.0 Å². The van der Waals surface area contributed by atoms with Crippen molar-refractivity contribution in [3.05, 3.63) is 51.5 Å². The molecule has 0 saturated heterocycles. The van der Waals surface area contributed by atoms with Crippen LogP contribution >= 0.6 is 23.2 Å². The summed E-state index contributed by atoms with van der Waals surface area (Å²) in [6.45, 7) is 1.33. The number of aliphatic hydroxyl groups is 1. The summed E-state index contributed by atoms with van der Waals surface area (Å²) in [5, 5.41) is 14.6. The molecule has 1 heterocycles. The Morgan fingerprint density at radius 2 is 1.77 bits per heavy atom. The van der Waals surface area contributed by atoms with Crippen LogP contribution in [0.4, 0.5) is 23.7 Å². The first kappa shape index (κ1) is 20.2. The van der Waals surface area contributed by atoms with Crippen molar-refractivity contribution >= 4 is 34.9 Å². The first-order chi connectivity index (χ1) is 12.1. The monoisotopic (exact) mass is 408 g/mol. The van der Waals surface area contributed by atoms with Gasteiger partial charge in [-0.1, -0.05) is 23.2 Å². The number of carbonyl (C=O) groups is 1. The molecule has 0 aliphatic rings. The van der Waals surface area contributed by atoms with Crippen molar-refractivity contribution in [1.29, 1.82) is 0 Å². The van der Waals surface area contributed by atoms with Crippen LogP contribution in [0.25, 0.3) is 0 Å². The van der Waals surface area contributed by atoms with Crippen LogP contribution in [0.1, 0.15) is 30.0 Å². The minimum absolute atomic E-state index is 0.00482. The number of benzene rings is 1. The van der Waals surface area contributed by atoms with Crippen molar-refractivity contribution in [1.82, 2.24) is 15.3 Å². The van der Waals surface area contributed by atoms with Gasteiger partial charge in [0.1, 0.15) is 5.82 Å². The van der Waals surface area contributed by atoms with E-state index in [9.17, 15) is 23.1 Å². The highest BCUT2D eigenvalue weighted by atomic mass is 35.5. The third-order valence-corrected chi connectivity index (χ3v) is 3.82. The van der Waals surface area contributed by atoms with Gasteiger partial charge in [0.05, 0.1) is 33.9 Å². The number of urea groups is 1. The predicted octanol–water partition coefficient (Wildman–Crippen LogP) is 4.18. The summed E-state index contributed by atoms with van der Waals surface area (Å²) in [5.74, 6) is -0.00482. The number of hydrogen-bond donors (Lipinski definition) is 3. The Balaban J connectivity index is 1.99. The average Bonchev–Trinajstić information content (AvgIpc) is 2.55. The molecule has 3 N–H and O–H groups in total. The topological polar surface area (TPSA) is 87.1 Å². The fourth-order valence-electron chi connectivity index (χ4n) is 1.86. The molecular formula is C15H13Cl2F3N4O2. The highest BCUT2D eigenvalue weighted by Crippen LogP contribution is 2.33. The van der Waals surface area contributed by atoms with Crippen molar-refractivity contribution in [3.8, 4) is 0 Å². The van der Waals surface area contributed by atoms with E-state index in [4.69, 9.17) is 23.2 Å². The maximum absolute atomic E-state index is 12.4. The molecule has 0 radical (unpaired) electrons. The summed E-state index contributed by atoms with van der Waals surface area (Å²) in [5.41, 5.74) is -0.379. The van der Waals surface area contributed by atoms with Gasteiger partial charge in [0.2, 0.25) is 0 Å². The number of halogens is 5. The molecule has 1 aromatic carbocycles. The molecular weight excluding hydrogens is 396 g/mol. The largest absolute Gasteiger partial charge is 0.419 e. The fourth-order valence-corrected chi connectivity index (χ4v) is 2.46. The van der Waals surface area contributed by atoms with Crippen LogP contribution < -0.4 is 10.6 Å². The molecule has 2 aromatic rings. The van der Waals surface area contributed by atoms with Gasteiger partial charge in [0.15, 0.2) is 0 Å². The molecule has 0 aliphatic carbocycles. The lowest BCUT2D eigenvalue weighted by molar-refractivity contribution is -0.138. The molecule has 0 spiro atoms. The Morgan fingerprint density at radius 3 is 2.23 bits per heavy atom. The molecule has 0 unspecified atom stereocenters. The number of hydrogen-bond acceptors (Lipinski definition) is 4. The predicted molar refractivity (Wildman–Crippen MR) is 90.0 cm³/mol. The standard InChI is InChI=1S/C15H13Cl2F3N4O2/c1-7(25)8-2-10(16)13(11(17)3-8)24-14(26)23-6-12-21-4-9(5-22-12)15(18,19)20/h2-5,7,25H,6H2,1H3,(H2,23,24,26)/t7-/m0/s1. The minimum atomic E-state index is -4.53. The zero-order valence-electron chi connectivity index (χ0n) is 13.2. The van der Waals surface area contributed by atoms with Crippen molar-refractivity contribution in [2.24, 2.45) is 0 Å². The SMILES string of the molecule is C[C@H](O)c1cc(Cl)c(NC(=O)NCc2ncc(C(F)(F)F)cn2)c(Cl)c1. The first-order valence-corrected chi connectivity index (χ1v) is 7.93. The van der Waals surface area contributed by atoms with Crippen molar-refractivity contribution in [2.45, 2.75) is 25.7 Å². The van der Waals surface area contributed by atoms with E-state index >= 15 is 0 Å². The number of alkyl halides is 3. The fraction of sp³-hybridized carbons (Fsp3) is 0.267. The average molecular weight is 409 g/mol. The molecule has 0 fully saturated rings. The van der Waals surface area contributed by atoms with Crippen LogP contribution in [-0.2, 0) is 12.7 Å². The molecule has 0 bridgehead atoms. The third kappa shape index (κ3) is 5.20. The van der Waals surface area contributed by atoms with Gasteiger partial charge < -0.3 is 15.7 Å². The highest BCUT2D eigenvalue weighted by molar-refractivity contribution is 6.39. The lowest BCUT2D eigenvalue weighted by atomic mass is 10.1. The van der Waals surface area contributed by atoms with E-state index in [1.54, 1.807) is 0 Å². The van der Waals surface area contributed by atoms with Crippen LogP contribution in [0.5, 0.6) is 0 Å². The summed E-state index contributed by atoms with van der Waals surface area (Å²) in [6, 6.07) is 2.20. The summed E-state index contributed by atoms with van der Waals surface area (Å²) < 4.78 is 37.3. The highest BCUT2D eigenvalue weighted by Gasteiger charge is 2.31. The Labute approximate surface area is 156 Å². The maximum atomic E-state index is 12.4. The molecule has 11 heteroatoms. The first-order valence-electron chi connectivity index (χ1n) is 7.18. The van der Waals surface area contributed by atoms with Crippen LogP contribution in [-0.4, -0.2) is 21.1 Å². The minimum Gasteiger partial charge on any atom is -0.389 e. The van der Waals surface area contributed by atoms with Gasteiger partial charge in [0.25, 0.3) is 0 Å². The molecule has 6 nitrogen and oxygen atoms in total. The van der Waals surface area contributed by atoms with Crippen molar-refractivity contribution in [2.75, 3.05) is 5.32 Å². The zero-order valence-corrected chi connectivity index (χ0v) is 14.7. The number of aromatic nitrogens is 2. The van der Waals surface area contributed by atoms with Gasteiger partial charge in [-0.3, -0.25) is 0 Å². The van der Waals surface area contributed by atoms with Crippen LogP contribution in [0.15, 0.2) is 24.5 Å². The zero-order chi connectivity index (χ0) is 19.5. The molecule has 1 aromatic heterocycles. The van der Waals surface area contributed by atoms with E-state index in [1.807, 2.05) is 0 Å². The Bertz CT molecular complexity index is 775. The van der Waals surface area contributed by atoms with Gasteiger partial charge in [0, 0.05) is 12.4 Å². The van der Waals surface area contributed by atoms with Crippen molar-refractivity contribution in [3.63, 3.8) is 0 Å². The summed E-state index contributed by atoms with van der Waals surface area (Å²) in [6.07, 6.45) is -4.06. The quantitative estimate of drug-likeness (QED) is 0.707. The Morgan fingerprint density at radius 1 is 1.23 bits per heavy atom. The van der Waals surface area contributed by atoms with Gasteiger partial charge in [-0.2, -0.15) is 13.2 Å². The number of amides is 2. The van der Waals surface area contributed by atoms with E-state index in [0.29, 0.717) is 18.0 Å². The molecule has 0 aliphatic heterocycles. The van der Waals surface area contributed by atoms with Crippen LogP contribution in [0, 0.1) is 0 Å². The second-order valence-corrected chi connectivity index (χ2v) is 6.04. The molecule has 0 saturated carbocycles. The van der Waals surface area contributed by atoms with Gasteiger partial charge in [-0.05, 0) is 24.6 Å². The van der Waals surface area contributed by atoms with E-state index in [0.717, 1.165) is 0 Å². The number of anilines is 1. The van der Waals surface area contributed by atoms with E-state index in [2.05, 4.69) is 20.6 Å². The van der Waals surface area contributed by atoms with Gasteiger partial charge >= 0.3 is 12.2 Å². The second kappa shape index (κ2) is 8.07. The second-order valence-electron chi connectivity index (χ2n) is 5.23. The Hall–Kier alpha value is -2.10. The molecule has 2 amide bonds. The number of aliphatic hydroxyl groups excluding tert-OH is 1. The van der Waals surface area contributed by atoms with Crippen molar-refractivity contribution < 1.29 is 23.1 Å². The number of carbonyl (C=O) groups excluding carboxylic acids is 1. The summed E-state index contributed by atoms with van der Waals surface area (Å²) in [4.78, 5) is 19.0. The van der Waals surface area contributed by atoms with E-state index in [-0.39, 0.29) is 28.1 Å². The summed E-state index contributed by atoms with van der Waals surface area (Å²) in [7, 11) is 0. The lowest BCUT2D eigenvalue weighted by Crippen LogP contribution is -2.29. The lowest BCUT2D eigenvalue weighted by Gasteiger charge is -2.13. The number of nitrogens with one attached hydrogen (secondary N) is 2. The van der Waals surface area contributed by atoms with E-state index < -0.39 is 23.9 Å². The number of nitrogens with zero attached hydrogens (tertiary/aromatic N) is 2. The maximum Gasteiger partial charge on any atom is 0.419 e. The molecule has 140 valence electrons. The molecule has 26 heavy (non-hydrogen) atoms. The normalized spacial score (nSPS) is 12.6.